The first-order valence-corrected chi connectivity index (χ1v) is 5.24. The standard InChI is InChI=1S/C13H16N2O/c1-2-10-15-13(16)12(14)9-8-11-6-4-3-5-7-11/h1,3-7,12H,8-10,14H2,(H,15,16)/t12-/m0/s1. The van der Waals surface area contributed by atoms with Crippen molar-refractivity contribution in [1.29, 1.82) is 0 Å². The van der Waals surface area contributed by atoms with Crippen molar-refractivity contribution in [2.24, 2.45) is 5.73 Å². The van der Waals surface area contributed by atoms with Gasteiger partial charge < -0.3 is 11.1 Å². The van der Waals surface area contributed by atoms with E-state index >= 15 is 0 Å². The Kier molecular flexibility index (Phi) is 5.10. The summed E-state index contributed by atoms with van der Waals surface area (Å²) in [7, 11) is 0. The third-order valence-corrected chi connectivity index (χ3v) is 2.29. The molecule has 0 saturated carbocycles. The summed E-state index contributed by atoms with van der Waals surface area (Å²) in [5.41, 5.74) is 6.91. The van der Waals surface area contributed by atoms with E-state index in [1.54, 1.807) is 0 Å². The minimum atomic E-state index is -0.492. The Morgan fingerprint density at radius 1 is 1.44 bits per heavy atom. The average molecular weight is 216 g/mol. The lowest BCUT2D eigenvalue weighted by Gasteiger charge is -2.10. The lowest BCUT2D eigenvalue weighted by Crippen LogP contribution is -2.40. The fraction of sp³-hybridized carbons (Fsp3) is 0.308. The monoisotopic (exact) mass is 216 g/mol. The molecule has 84 valence electrons. The van der Waals surface area contributed by atoms with Crippen LogP contribution in [-0.2, 0) is 11.2 Å². The van der Waals surface area contributed by atoms with Crippen LogP contribution in [0.5, 0.6) is 0 Å². The number of hydrogen-bond acceptors (Lipinski definition) is 2. The predicted molar refractivity (Wildman–Crippen MR) is 64.6 cm³/mol. The van der Waals surface area contributed by atoms with Gasteiger partial charge in [0.25, 0.3) is 0 Å². The molecule has 0 fully saturated rings. The highest BCUT2D eigenvalue weighted by atomic mass is 16.2. The molecule has 1 rings (SSSR count). The number of benzene rings is 1. The van der Waals surface area contributed by atoms with Gasteiger partial charge in [-0.2, -0.15) is 0 Å². The SMILES string of the molecule is C#CCNC(=O)[C@@H](N)CCc1ccccc1. The second-order valence-corrected chi connectivity index (χ2v) is 3.55. The second kappa shape index (κ2) is 6.65. The number of carbonyl (C=O) groups excluding carboxylic acids is 1. The molecule has 0 aromatic heterocycles. The fourth-order valence-corrected chi connectivity index (χ4v) is 1.37. The van der Waals surface area contributed by atoms with E-state index in [0.29, 0.717) is 6.42 Å². The Morgan fingerprint density at radius 3 is 2.75 bits per heavy atom. The van der Waals surface area contributed by atoms with E-state index in [0.717, 1.165) is 6.42 Å². The maximum Gasteiger partial charge on any atom is 0.237 e. The van der Waals surface area contributed by atoms with Gasteiger partial charge in [-0.15, -0.1) is 6.42 Å². The molecule has 0 aliphatic carbocycles. The van der Waals surface area contributed by atoms with Crippen molar-refractivity contribution in [1.82, 2.24) is 5.32 Å². The molecule has 3 N–H and O–H groups in total. The van der Waals surface area contributed by atoms with Crippen molar-refractivity contribution < 1.29 is 4.79 Å². The van der Waals surface area contributed by atoms with E-state index in [-0.39, 0.29) is 12.5 Å². The molecular formula is C13H16N2O. The maximum atomic E-state index is 11.4. The van der Waals surface area contributed by atoms with Gasteiger partial charge in [0.15, 0.2) is 0 Å². The molecule has 16 heavy (non-hydrogen) atoms. The van der Waals surface area contributed by atoms with Gasteiger partial charge in [-0.3, -0.25) is 4.79 Å². The highest BCUT2D eigenvalue weighted by Gasteiger charge is 2.11. The maximum absolute atomic E-state index is 11.4. The zero-order valence-corrected chi connectivity index (χ0v) is 9.15. The molecule has 0 bridgehead atoms. The molecule has 3 heteroatoms. The highest BCUT2D eigenvalue weighted by molar-refractivity contribution is 5.81. The lowest BCUT2D eigenvalue weighted by molar-refractivity contribution is -0.122. The summed E-state index contributed by atoms with van der Waals surface area (Å²) in [5, 5.41) is 2.57. The van der Waals surface area contributed by atoms with Gasteiger partial charge >= 0.3 is 0 Å². The number of amides is 1. The summed E-state index contributed by atoms with van der Waals surface area (Å²) in [4.78, 5) is 11.4. The van der Waals surface area contributed by atoms with Crippen molar-refractivity contribution in [3.05, 3.63) is 35.9 Å². The van der Waals surface area contributed by atoms with Crippen molar-refractivity contribution in [3.8, 4) is 12.3 Å². The Hall–Kier alpha value is -1.79. The van der Waals surface area contributed by atoms with Gasteiger partial charge in [-0.05, 0) is 18.4 Å². The Balaban J connectivity index is 2.33. The zero-order chi connectivity index (χ0) is 11.8. The van der Waals surface area contributed by atoms with E-state index in [1.807, 2.05) is 30.3 Å². The van der Waals surface area contributed by atoms with E-state index in [9.17, 15) is 4.79 Å². The lowest BCUT2D eigenvalue weighted by atomic mass is 10.1. The number of nitrogens with one attached hydrogen (secondary N) is 1. The number of rotatable bonds is 5. The van der Waals surface area contributed by atoms with Gasteiger partial charge in [0.2, 0.25) is 5.91 Å². The van der Waals surface area contributed by atoms with Crippen molar-refractivity contribution in [2.45, 2.75) is 18.9 Å². The summed E-state index contributed by atoms with van der Waals surface area (Å²) in [6, 6.07) is 9.45. The molecule has 0 saturated heterocycles. The highest BCUT2D eigenvalue weighted by Crippen LogP contribution is 2.03. The van der Waals surface area contributed by atoms with Crippen LogP contribution in [-0.4, -0.2) is 18.5 Å². The topological polar surface area (TPSA) is 55.1 Å². The first-order chi connectivity index (χ1) is 7.74. The molecule has 0 aliphatic heterocycles. The first-order valence-electron chi connectivity index (χ1n) is 5.24. The Labute approximate surface area is 96.0 Å². The summed E-state index contributed by atoms with van der Waals surface area (Å²) < 4.78 is 0. The summed E-state index contributed by atoms with van der Waals surface area (Å²) >= 11 is 0. The molecule has 0 spiro atoms. The van der Waals surface area contributed by atoms with Crippen molar-refractivity contribution >= 4 is 5.91 Å². The van der Waals surface area contributed by atoms with Gasteiger partial charge in [0.1, 0.15) is 0 Å². The first kappa shape index (κ1) is 12.3. The van der Waals surface area contributed by atoms with Crippen LogP contribution in [0.3, 0.4) is 0 Å². The number of nitrogens with two attached hydrogens (primary N) is 1. The van der Waals surface area contributed by atoms with Gasteiger partial charge in [0.05, 0.1) is 12.6 Å². The minimum Gasteiger partial charge on any atom is -0.344 e. The quantitative estimate of drug-likeness (QED) is 0.712. The molecule has 1 atom stereocenters. The van der Waals surface area contributed by atoms with Crippen LogP contribution < -0.4 is 11.1 Å². The van der Waals surface area contributed by atoms with Crippen LogP contribution in [0.1, 0.15) is 12.0 Å². The molecule has 0 aliphatic rings. The minimum absolute atomic E-state index is 0.186. The van der Waals surface area contributed by atoms with Gasteiger partial charge in [-0.25, -0.2) is 0 Å². The van der Waals surface area contributed by atoms with E-state index in [4.69, 9.17) is 12.2 Å². The fourth-order valence-electron chi connectivity index (χ4n) is 1.37. The van der Waals surface area contributed by atoms with Crippen molar-refractivity contribution in [3.63, 3.8) is 0 Å². The van der Waals surface area contributed by atoms with Crippen LogP contribution >= 0.6 is 0 Å². The molecular weight excluding hydrogens is 200 g/mol. The van der Waals surface area contributed by atoms with Gasteiger partial charge in [0, 0.05) is 0 Å². The molecule has 3 nitrogen and oxygen atoms in total. The van der Waals surface area contributed by atoms with Crippen LogP contribution in [0.15, 0.2) is 30.3 Å². The molecule has 1 amide bonds. The molecule has 0 radical (unpaired) electrons. The van der Waals surface area contributed by atoms with Crippen LogP contribution in [0.2, 0.25) is 0 Å². The molecule has 0 unspecified atom stereocenters. The molecule has 1 aromatic rings. The van der Waals surface area contributed by atoms with E-state index in [1.165, 1.54) is 5.56 Å². The summed E-state index contributed by atoms with van der Waals surface area (Å²) in [6.07, 6.45) is 6.46. The largest absolute Gasteiger partial charge is 0.344 e. The predicted octanol–water partition coefficient (Wildman–Crippen LogP) is 0.696. The third kappa shape index (κ3) is 4.16. The smallest absolute Gasteiger partial charge is 0.237 e. The van der Waals surface area contributed by atoms with E-state index < -0.39 is 6.04 Å². The van der Waals surface area contributed by atoms with Crippen LogP contribution in [0, 0.1) is 12.3 Å². The third-order valence-electron chi connectivity index (χ3n) is 2.29. The Bertz CT molecular complexity index is 367. The molecule has 1 aromatic carbocycles. The number of aryl methyl sites for hydroxylation is 1. The number of terminal acetylenes is 1. The van der Waals surface area contributed by atoms with Crippen LogP contribution in [0.4, 0.5) is 0 Å². The Morgan fingerprint density at radius 2 is 2.12 bits per heavy atom. The van der Waals surface area contributed by atoms with Crippen molar-refractivity contribution in [2.75, 3.05) is 6.54 Å². The number of hydrogen-bond donors (Lipinski definition) is 2. The average Bonchev–Trinajstić information content (AvgIpc) is 2.34. The van der Waals surface area contributed by atoms with E-state index in [2.05, 4.69) is 11.2 Å². The number of carbonyl (C=O) groups is 1. The second-order valence-electron chi connectivity index (χ2n) is 3.55. The summed E-state index contributed by atoms with van der Waals surface area (Å²) in [6.45, 7) is 0.234. The van der Waals surface area contributed by atoms with Gasteiger partial charge in [-0.1, -0.05) is 36.3 Å². The summed E-state index contributed by atoms with van der Waals surface area (Å²) in [5.74, 6) is 2.15. The van der Waals surface area contributed by atoms with Crippen LogP contribution in [0.25, 0.3) is 0 Å². The normalized spacial score (nSPS) is 11.5. The zero-order valence-electron chi connectivity index (χ0n) is 9.15. The molecule has 0 heterocycles.